The van der Waals surface area contributed by atoms with Crippen molar-refractivity contribution in [1.82, 2.24) is 19.7 Å². The van der Waals surface area contributed by atoms with E-state index in [9.17, 15) is 17.8 Å². The number of thiophene rings is 2. The molecule has 0 unspecified atom stereocenters. The fourth-order valence-corrected chi connectivity index (χ4v) is 8.51. The van der Waals surface area contributed by atoms with Crippen LogP contribution < -0.4 is 0 Å². The van der Waals surface area contributed by atoms with E-state index in [1.54, 1.807) is 17.4 Å². The number of amides is 1. The van der Waals surface area contributed by atoms with Crippen LogP contribution in [0.1, 0.15) is 45.1 Å². The lowest BCUT2D eigenvalue weighted by Gasteiger charge is -2.19. The van der Waals surface area contributed by atoms with Crippen LogP contribution in [0.5, 0.6) is 0 Å². The van der Waals surface area contributed by atoms with Crippen molar-refractivity contribution in [3.63, 3.8) is 0 Å². The van der Waals surface area contributed by atoms with Gasteiger partial charge in [-0.2, -0.15) is 13.5 Å². The van der Waals surface area contributed by atoms with Crippen LogP contribution in [0.4, 0.5) is 0 Å². The first kappa shape index (κ1) is 27.8. The number of pyridine rings is 1. The summed E-state index contributed by atoms with van der Waals surface area (Å²) in [4.78, 5) is 22.2. The summed E-state index contributed by atoms with van der Waals surface area (Å²) in [6, 6.07) is 13.9. The van der Waals surface area contributed by atoms with Gasteiger partial charge in [0.2, 0.25) is 5.91 Å². The number of hydrogen-bond acceptors (Lipinski definition) is 7. The molecule has 0 spiro atoms. The summed E-state index contributed by atoms with van der Waals surface area (Å²) in [7, 11) is -4.41. The first-order valence-corrected chi connectivity index (χ1v) is 16.4. The van der Waals surface area contributed by atoms with Crippen LogP contribution in [-0.4, -0.2) is 45.1 Å². The fourth-order valence-electron chi connectivity index (χ4n) is 5.64. The van der Waals surface area contributed by atoms with Gasteiger partial charge in [-0.1, -0.05) is 18.2 Å². The zero-order chi connectivity index (χ0) is 29.1. The van der Waals surface area contributed by atoms with E-state index in [0.717, 1.165) is 66.6 Å². The van der Waals surface area contributed by atoms with E-state index in [4.69, 9.17) is 10.1 Å². The molecule has 1 N–H and O–H groups in total. The lowest BCUT2D eigenvalue weighted by Crippen LogP contribution is -2.24. The van der Waals surface area contributed by atoms with Gasteiger partial charge >= 0.3 is 10.1 Å². The van der Waals surface area contributed by atoms with E-state index in [0.29, 0.717) is 37.2 Å². The number of rotatable bonds is 7. The Morgan fingerprint density at radius 2 is 1.76 bits per heavy atom. The third-order valence-corrected chi connectivity index (χ3v) is 10.8. The molecular formula is C30H30N4O4S3. The summed E-state index contributed by atoms with van der Waals surface area (Å²) in [5.41, 5.74) is 6.72. The highest BCUT2D eigenvalue weighted by atomic mass is 32.3. The molecule has 0 atom stereocenters. The average Bonchev–Trinajstić information content (AvgIpc) is 3.67. The average molecular weight is 607 g/mol. The SMILES string of the molecule is Cc1cc2c(c(C)n1)c(-c1ccc(C)s1)nn2Cc1ccc(-c2cc(C)sc2S(=O)(=O)O)c(CN2CCCC2=O)c1. The van der Waals surface area contributed by atoms with Crippen LogP contribution in [-0.2, 0) is 28.0 Å². The number of nitrogens with zero attached hydrogens (tertiary/aromatic N) is 4. The monoisotopic (exact) mass is 606 g/mol. The lowest BCUT2D eigenvalue weighted by molar-refractivity contribution is -0.128. The van der Waals surface area contributed by atoms with Crippen molar-refractivity contribution < 1.29 is 17.8 Å². The quantitative estimate of drug-likeness (QED) is 0.211. The van der Waals surface area contributed by atoms with Crippen molar-refractivity contribution in [2.75, 3.05) is 6.54 Å². The Hall–Kier alpha value is -3.38. The van der Waals surface area contributed by atoms with Crippen molar-refractivity contribution in [1.29, 1.82) is 0 Å². The molecule has 0 aliphatic carbocycles. The van der Waals surface area contributed by atoms with Crippen LogP contribution in [0, 0.1) is 27.7 Å². The number of benzene rings is 1. The lowest BCUT2D eigenvalue weighted by atomic mass is 9.98. The number of likely N-dealkylation sites (tertiary alicyclic amines) is 1. The van der Waals surface area contributed by atoms with E-state index in [1.165, 1.54) is 4.88 Å². The normalized spacial score (nSPS) is 14.1. The first-order valence-electron chi connectivity index (χ1n) is 13.4. The van der Waals surface area contributed by atoms with Crippen LogP contribution in [0.25, 0.3) is 32.6 Å². The first-order chi connectivity index (χ1) is 19.5. The van der Waals surface area contributed by atoms with Crippen molar-refractivity contribution in [3.8, 4) is 21.7 Å². The van der Waals surface area contributed by atoms with E-state index in [2.05, 4.69) is 25.1 Å². The van der Waals surface area contributed by atoms with Gasteiger partial charge in [0.15, 0.2) is 4.21 Å². The Kier molecular flexibility index (Phi) is 7.09. The molecule has 0 bridgehead atoms. The highest BCUT2D eigenvalue weighted by Crippen LogP contribution is 2.38. The maximum atomic E-state index is 12.6. The molecule has 0 saturated carbocycles. The number of carbonyl (C=O) groups is 1. The molecule has 0 radical (unpaired) electrons. The molecule has 6 rings (SSSR count). The minimum absolute atomic E-state index is 0.0795. The molecule has 11 heteroatoms. The largest absolute Gasteiger partial charge is 0.338 e. The number of carbonyl (C=O) groups excluding carboxylic acids is 1. The third-order valence-electron chi connectivity index (χ3n) is 7.40. The zero-order valence-electron chi connectivity index (χ0n) is 23.3. The summed E-state index contributed by atoms with van der Waals surface area (Å²) in [5, 5.41) is 6.09. The number of aryl methyl sites for hydroxylation is 4. The van der Waals surface area contributed by atoms with Gasteiger partial charge in [-0.25, -0.2) is 0 Å². The van der Waals surface area contributed by atoms with Gasteiger partial charge in [0.05, 0.1) is 22.3 Å². The van der Waals surface area contributed by atoms with E-state index in [-0.39, 0.29) is 10.1 Å². The summed E-state index contributed by atoms with van der Waals surface area (Å²) >= 11 is 2.75. The molecule has 1 saturated heterocycles. The van der Waals surface area contributed by atoms with Crippen LogP contribution >= 0.6 is 22.7 Å². The van der Waals surface area contributed by atoms with E-state index in [1.807, 2.05) is 48.6 Å². The van der Waals surface area contributed by atoms with Crippen molar-refractivity contribution in [2.24, 2.45) is 0 Å². The van der Waals surface area contributed by atoms with Crippen molar-refractivity contribution >= 4 is 49.6 Å². The van der Waals surface area contributed by atoms with Gasteiger partial charge in [-0.15, -0.1) is 22.7 Å². The molecule has 8 nitrogen and oxygen atoms in total. The van der Waals surface area contributed by atoms with Crippen molar-refractivity contribution in [2.45, 2.75) is 57.8 Å². The maximum Gasteiger partial charge on any atom is 0.304 e. The minimum atomic E-state index is -4.41. The standard InChI is InChI=1S/C30H30N4O4S3/c1-17-12-25-28(20(4)31-17)29(26-10-7-18(2)39-26)32-34(25)15-21-8-9-23(22(14-21)16-33-11-5-6-27(33)35)24-13-19(3)40-30(24)41(36,37)38/h7-10,12-14H,5-6,11,15-16H2,1-4H3,(H,36,37,38). The molecule has 1 aromatic carbocycles. The number of fused-ring (bicyclic) bond motifs is 1. The summed E-state index contributed by atoms with van der Waals surface area (Å²) < 4.78 is 36.4. The number of hydrogen-bond donors (Lipinski definition) is 1. The van der Waals surface area contributed by atoms with Crippen LogP contribution in [0.15, 0.2) is 46.7 Å². The second-order valence-electron chi connectivity index (χ2n) is 10.6. The topological polar surface area (TPSA) is 105 Å². The zero-order valence-corrected chi connectivity index (χ0v) is 25.7. The van der Waals surface area contributed by atoms with Gasteiger partial charge in [0.25, 0.3) is 0 Å². The minimum Gasteiger partial charge on any atom is -0.338 e. The molecule has 4 aromatic heterocycles. The summed E-state index contributed by atoms with van der Waals surface area (Å²) in [5.74, 6) is 0.0882. The highest BCUT2D eigenvalue weighted by Gasteiger charge is 2.26. The highest BCUT2D eigenvalue weighted by molar-refractivity contribution is 7.88. The molecular weight excluding hydrogens is 577 g/mol. The van der Waals surface area contributed by atoms with Gasteiger partial charge in [0, 0.05) is 46.2 Å². The van der Waals surface area contributed by atoms with Gasteiger partial charge in [-0.3, -0.25) is 19.0 Å². The predicted octanol–water partition coefficient (Wildman–Crippen LogP) is 6.54. The second-order valence-corrected chi connectivity index (χ2v) is 14.8. The van der Waals surface area contributed by atoms with Crippen LogP contribution in [0.3, 0.4) is 0 Å². The second kappa shape index (κ2) is 10.5. The number of aromatic nitrogens is 3. The smallest absolute Gasteiger partial charge is 0.304 e. The molecule has 1 aliphatic rings. The Labute approximate surface area is 247 Å². The molecule has 41 heavy (non-hydrogen) atoms. The van der Waals surface area contributed by atoms with Gasteiger partial charge in [-0.05, 0) is 75.1 Å². The molecule has 212 valence electrons. The fraction of sp³-hybridized carbons (Fsp3) is 0.300. The van der Waals surface area contributed by atoms with E-state index >= 15 is 0 Å². The molecule has 5 aromatic rings. The van der Waals surface area contributed by atoms with Crippen LogP contribution in [0.2, 0.25) is 0 Å². The molecule has 1 aliphatic heterocycles. The Bertz CT molecular complexity index is 1930. The van der Waals surface area contributed by atoms with Crippen molar-refractivity contribution in [3.05, 3.63) is 74.7 Å². The summed E-state index contributed by atoms with van der Waals surface area (Å²) in [6.07, 6.45) is 1.32. The van der Waals surface area contributed by atoms with E-state index < -0.39 is 10.1 Å². The maximum absolute atomic E-state index is 12.6. The Balaban J connectivity index is 1.47. The Morgan fingerprint density at radius 1 is 0.951 bits per heavy atom. The van der Waals surface area contributed by atoms with Gasteiger partial charge < -0.3 is 4.90 Å². The molecule has 1 fully saturated rings. The van der Waals surface area contributed by atoms with Gasteiger partial charge in [0.1, 0.15) is 5.69 Å². The molecule has 1 amide bonds. The summed E-state index contributed by atoms with van der Waals surface area (Å²) in [6.45, 7) is 9.40. The predicted molar refractivity (Wildman–Crippen MR) is 163 cm³/mol. The molecule has 5 heterocycles. The third kappa shape index (κ3) is 5.34. The Morgan fingerprint density at radius 3 is 2.44 bits per heavy atom.